The molecule has 1 aliphatic rings. The summed E-state index contributed by atoms with van der Waals surface area (Å²) in [5.74, 6) is 1.73. The third-order valence-electron chi connectivity index (χ3n) is 5.23. The minimum absolute atomic E-state index is 0.417. The van der Waals surface area contributed by atoms with Gasteiger partial charge >= 0.3 is 0 Å². The quantitative estimate of drug-likeness (QED) is 0.415. The number of nitrogens with one attached hydrogen (secondary N) is 2. The molecule has 0 spiro atoms. The zero-order valence-corrected chi connectivity index (χ0v) is 17.3. The molecule has 0 bridgehead atoms. The summed E-state index contributed by atoms with van der Waals surface area (Å²) in [4.78, 5) is 8.46. The van der Waals surface area contributed by atoms with Crippen LogP contribution in [0.15, 0.2) is 41.0 Å². The second kappa shape index (κ2) is 10.5. The molecule has 7 heteroatoms. The summed E-state index contributed by atoms with van der Waals surface area (Å²) in [6.45, 7) is 7.41. The first-order valence-corrected chi connectivity index (χ1v) is 10.8. The lowest BCUT2D eigenvalue weighted by Gasteiger charge is -2.36. The third-order valence-corrected chi connectivity index (χ3v) is 6.21. The van der Waals surface area contributed by atoms with Crippen LogP contribution in [0.4, 0.5) is 0 Å². The Morgan fingerprint density at radius 2 is 2.19 bits per heavy atom. The van der Waals surface area contributed by atoms with Crippen molar-refractivity contribution in [1.82, 2.24) is 25.3 Å². The van der Waals surface area contributed by atoms with Gasteiger partial charge in [0.1, 0.15) is 0 Å². The summed E-state index contributed by atoms with van der Waals surface area (Å²) < 4.78 is 1.96. The monoisotopic (exact) mass is 388 g/mol. The van der Waals surface area contributed by atoms with Gasteiger partial charge in [0.2, 0.25) is 0 Å². The predicted octanol–water partition coefficient (Wildman–Crippen LogP) is 2.97. The molecule has 2 aromatic heterocycles. The average Bonchev–Trinajstić information content (AvgIpc) is 3.39. The van der Waals surface area contributed by atoms with Crippen LogP contribution in [0.1, 0.15) is 37.1 Å². The second-order valence-electron chi connectivity index (χ2n) is 7.25. The summed E-state index contributed by atoms with van der Waals surface area (Å²) in [5, 5.41) is 13.4. The normalized spacial score (nSPS) is 17.8. The highest BCUT2D eigenvalue weighted by Gasteiger charge is 2.25. The van der Waals surface area contributed by atoms with Crippen LogP contribution in [0.5, 0.6) is 0 Å². The molecular weight excluding hydrogens is 356 g/mol. The number of likely N-dealkylation sites (tertiary alicyclic amines) is 1. The molecule has 2 aromatic rings. The number of aryl methyl sites for hydroxylation is 1. The molecule has 148 valence electrons. The number of nitrogens with zero attached hydrogens (tertiary/aromatic N) is 4. The van der Waals surface area contributed by atoms with E-state index in [9.17, 15) is 0 Å². The van der Waals surface area contributed by atoms with Gasteiger partial charge in [-0.25, -0.2) is 0 Å². The molecule has 3 rings (SSSR count). The van der Waals surface area contributed by atoms with E-state index in [-0.39, 0.29) is 0 Å². The molecule has 2 N–H and O–H groups in total. The number of hydrogen-bond donors (Lipinski definition) is 2. The Morgan fingerprint density at radius 1 is 1.33 bits per heavy atom. The Balaban J connectivity index is 1.47. The molecule has 27 heavy (non-hydrogen) atoms. The van der Waals surface area contributed by atoms with Crippen LogP contribution in [0.2, 0.25) is 0 Å². The fourth-order valence-corrected chi connectivity index (χ4v) is 4.39. The molecular formula is C20H32N6S. The topological polar surface area (TPSA) is 57.5 Å². The molecule has 0 aromatic carbocycles. The maximum atomic E-state index is 4.39. The second-order valence-corrected chi connectivity index (χ2v) is 8.23. The van der Waals surface area contributed by atoms with Crippen molar-refractivity contribution in [1.29, 1.82) is 0 Å². The highest BCUT2D eigenvalue weighted by molar-refractivity contribution is 7.10. The predicted molar refractivity (Wildman–Crippen MR) is 113 cm³/mol. The molecule has 1 aliphatic heterocycles. The van der Waals surface area contributed by atoms with Gasteiger partial charge in [-0.1, -0.05) is 13.0 Å². The molecule has 1 unspecified atom stereocenters. The van der Waals surface area contributed by atoms with Crippen LogP contribution in [-0.2, 0) is 6.54 Å². The van der Waals surface area contributed by atoms with Crippen LogP contribution in [0, 0.1) is 5.92 Å². The molecule has 0 amide bonds. The third kappa shape index (κ3) is 6.07. The zero-order chi connectivity index (χ0) is 18.9. The van der Waals surface area contributed by atoms with Crippen LogP contribution in [0.3, 0.4) is 0 Å². The van der Waals surface area contributed by atoms with Crippen molar-refractivity contribution in [2.75, 3.05) is 33.2 Å². The number of rotatable bonds is 8. The Bertz CT molecular complexity index is 659. The van der Waals surface area contributed by atoms with Crippen LogP contribution in [0.25, 0.3) is 0 Å². The molecule has 3 heterocycles. The maximum Gasteiger partial charge on any atom is 0.191 e. The van der Waals surface area contributed by atoms with Crippen molar-refractivity contribution < 1.29 is 0 Å². The van der Waals surface area contributed by atoms with E-state index in [0.29, 0.717) is 6.04 Å². The van der Waals surface area contributed by atoms with Crippen molar-refractivity contribution in [3.8, 4) is 0 Å². The van der Waals surface area contributed by atoms with Gasteiger partial charge in [-0.05, 0) is 55.8 Å². The van der Waals surface area contributed by atoms with E-state index >= 15 is 0 Å². The fourth-order valence-electron chi connectivity index (χ4n) is 3.53. The summed E-state index contributed by atoms with van der Waals surface area (Å²) >= 11 is 1.85. The molecule has 6 nitrogen and oxygen atoms in total. The molecule has 1 fully saturated rings. The summed E-state index contributed by atoms with van der Waals surface area (Å²) in [7, 11) is 1.84. The number of piperidine rings is 1. The lowest BCUT2D eigenvalue weighted by molar-refractivity contribution is 0.140. The van der Waals surface area contributed by atoms with E-state index in [1.165, 1.54) is 30.8 Å². The largest absolute Gasteiger partial charge is 0.356 e. The van der Waals surface area contributed by atoms with E-state index in [1.54, 1.807) is 0 Å². The van der Waals surface area contributed by atoms with Gasteiger partial charge in [-0.15, -0.1) is 11.3 Å². The van der Waals surface area contributed by atoms with Gasteiger partial charge in [0, 0.05) is 44.0 Å². The Kier molecular flexibility index (Phi) is 7.71. The highest BCUT2D eigenvalue weighted by Crippen LogP contribution is 2.28. The first-order valence-electron chi connectivity index (χ1n) is 9.95. The van der Waals surface area contributed by atoms with E-state index in [4.69, 9.17) is 0 Å². The smallest absolute Gasteiger partial charge is 0.191 e. The van der Waals surface area contributed by atoms with Crippen LogP contribution in [-0.4, -0.2) is 53.9 Å². The SMILES string of the molecule is CN=C(NCCCn1cccn1)NCC(c1cccs1)N1CCC(C)CC1. The van der Waals surface area contributed by atoms with Crippen molar-refractivity contribution in [2.45, 2.75) is 38.8 Å². The van der Waals surface area contributed by atoms with E-state index < -0.39 is 0 Å². The first kappa shape index (κ1) is 19.9. The number of guanidine groups is 1. The lowest BCUT2D eigenvalue weighted by atomic mass is 9.97. The standard InChI is InChI=1S/C20H32N6S/c1-17-7-13-25(14-8-17)18(19-6-3-15-27-19)16-23-20(21-2)22-9-4-11-26-12-5-10-24-26/h3,5-6,10,12,15,17-18H,4,7-9,11,13-14,16H2,1-2H3,(H2,21,22,23). The highest BCUT2D eigenvalue weighted by atomic mass is 32.1. The Hall–Kier alpha value is -1.86. The number of hydrogen-bond acceptors (Lipinski definition) is 4. The van der Waals surface area contributed by atoms with Gasteiger partial charge in [0.05, 0.1) is 6.04 Å². The van der Waals surface area contributed by atoms with Crippen molar-refractivity contribution >= 4 is 17.3 Å². The first-order chi connectivity index (χ1) is 13.3. The number of thiophene rings is 1. The van der Waals surface area contributed by atoms with Crippen LogP contribution >= 0.6 is 11.3 Å². The lowest BCUT2D eigenvalue weighted by Crippen LogP contribution is -2.45. The summed E-state index contributed by atoms with van der Waals surface area (Å²) in [6.07, 6.45) is 7.42. The summed E-state index contributed by atoms with van der Waals surface area (Å²) in [5.41, 5.74) is 0. The minimum atomic E-state index is 0.417. The van der Waals surface area contributed by atoms with Gasteiger partial charge in [0.25, 0.3) is 0 Å². The molecule has 0 saturated carbocycles. The molecule has 1 atom stereocenters. The maximum absolute atomic E-state index is 4.39. The summed E-state index contributed by atoms with van der Waals surface area (Å²) in [6, 6.07) is 6.79. The van der Waals surface area contributed by atoms with Gasteiger partial charge < -0.3 is 10.6 Å². The van der Waals surface area contributed by atoms with E-state index in [2.05, 4.69) is 50.1 Å². The van der Waals surface area contributed by atoms with Gasteiger partial charge in [-0.3, -0.25) is 14.6 Å². The molecule has 0 aliphatic carbocycles. The minimum Gasteiger partial charge on any atom is -0.356 e. The number of aromatic nitrogens is 2. The number of aliphatic imine (C=N–C) groups is 1. The van der Waals surface area contributed by atoms with Crippen molar-refractivity contribution in [3.05, 3.63) is 40.8 Å². The van der Waals surface area contributed by atoms with E-state index in [1.807, 2.05) is 41.5 Å². The van der Waals surface area contributed by atoms with Crippen LogP contribution < -0.4 is 10.6 Å². The van der Waals surface area contributed by atoms with Gasteiger partial charge in [0.15, 0.2) is 5.96 Å². The molecule has 0 radical (unpaired) electrons. The Labute approximate surface area is 166 Å². The van der Waals surface area contributed by atoms with E-state index in [0.717, 1.165) is 37.9 Å². The van der Waals surface area contributed by atoms with Crippen molar-refractivity contribution in [2.24, 2.45) is 10.9 Å². The zero-order valence-electron chi connectivity index (χ0n) is 16.5. The Morgan fingerprint density at radius 3 is 2.85 bits per heavy atom. The molecule has 1 saturated heterocycles. The van der Waals surface area contributed by atoms with Gasteiger partial charge in [-0.2, -0.15) is 5.10 Å². The van der Waals surface area contributed by atoms with Crippen molar-refractivity contribution in [3.63, 3.8) is 0 Å². The average molecular weight is 389 g/mol. The fraction of sp³-hybridized carbons (Fsp3) is 0.600.